The highest BCUT2D eigenvalue weighted by Crippen LogP contribution is 2.42. The van der Waals surface area contributed by atoms with E-state index in [9.17, 15) is 19.0 Å². The normalized spacial score (nSPS) is 24.2. The smallest absolute Gasteiger partial charge is 0.319 e. The molecule has 8 nitrogen and oxygen atoms in total. The fourth-order valence-corrected chi connectivity index (χ4v) is 7.49. The molecule has 3 aliphatic heterocycles. The van der Waals surface area contributed by atoms with Gasteiger partial charge in [0, 0.05) is 37.8 Å². The van der Waals surface area contributed by atoms with Crippen LogP contribution in [0.25, 0.3) is 32.9 Å². The highest BCUT2D eigenvalue weighted by Gasteiger charge is 2.49. The zero-order valence-corrected chi connectivity index (χ0v) is 24.7. The summed E-state index contributed by atoms with van der Waals surface area (Å²) >= 11 is 0. The molecule has 4 aromatic rings. The fourth-order valence-electron chi connectivity index (χ4n) is 7.49. The second-order valence-corrected chi connectivity index (χ2v) is 12.4. The van der Waals surface area contributed by atoms with E-state index in [0.717, 1.165) is 25.8 Å². The lowest BCUT2D eigenvalue weighted by Gasteiger charge is -2.31. The first-order valence-electron chi connectivity index (χ1n) is 15.5. The number of aliphatic hydroxyl groups excluding tert-OH is 1. The van der Waals surface area contributed by atoms with Crippen molar-refractivity contribution in [3.63, 3.8) is 0 Å². The molecule has 0 bridgehead atoms. The number of aryl methyl sites for hydroxylation is 1. The second kappa shape index (κ2) is 11.3. The average Bonchev–Trinajstić information content (AvgIpc) is 3.44. The monoisotopic (exact) mass is 607 g/mol. The predicted molar refractivity (Wildman–Crippen MR) is 162 cm³/mol. The van der Waals surface area contributed by atoms with Crippen LogP contribution in [0, 0.1) is 11.6 Å². The third-order valence-electron chi connectivity index (χ3n) is 9.63. The number of halogens is 3. The summed E-state index contributed by atoms with van der Waals surface area (Å²) in [5.74, 6) is -0.802. The van der Waals surface area contributed by atoms with E-state index in [4.69, 9.17) is 9.72 Å². The number of rotatable bonds is 6. The molecule has 5 heterocycles. The molecule has 0 radical (unpaired) electrons. The van der Waals surface area contributed by atoms with E-state index < -0.39 is 29.4 Å². The van der Waals surface area contributed by atoms with Gasteiger partial charge in [-0.1, -0.05) is 13.0 Å². The van der Waals surface area contributed by atoms with Crippen molar-refractivity contribution in [3.05, 3.63) is 47.7 Å². The maximum atomic E-state index is 16.7. The van der Waals surface area contributed by atoms with Crippen LogP contribution in [0.1, 0.15) is 51.0 Å². The molecular weight excluding hydrogens is 571 g/mol. The highest BCUT2D eigenvalue weighted by atomic mass is 19.1. The van der Waals surface area contributed by atoms with Crippen molar-refractivity contribution in [2.45, 2.75) is 69.7 Å². The molecule has 2 aromatic carbocycles. The Hall–Kier alpha value is -3.70. The first kappa shape index (κ1) is 29.0. The topological polar surface area (TPSA) is 94.8 Å². The van der Waals surface area contributed by atoms with Crippen molar-refractivity contribution in [3.8, 4) is 23.0 Å². The van der Waals surface area contributed by atoms with Gasteiger partial charge in [0.1, 0.15) is 41.4 Å². The van der Waals surface area contributed by atoms with E-state index in [1.54, 1.807) is 6.07 Å². The van der Waals surface area contributed by atoms with Crippen molar-refractivity contribution >= 4 is 27.5 Å². The Morgan fingerprint density at radius 3 is 2.80 bits per heavy atom. The molecule has 1 unspecified atom stereocenters. The van der Waals surface area contributed by atoms with E-state index in [2.05, 4.69) is 14.9 Å². The van der Waals surface area contributed by atoms with Crippen LogP contribution >= 0.6 is 0 Å². The summed E-state index contributed by atoms with van der Waals surface area (Å²) in [5, 5.41) is 22.2. The molecule has 2 aromatic heterocycles. The number of hydrogen-bond acceptors (Lipinski definition) is 8. The van der Waals surface area contributed by atoms with Gasteiger partial charge in [-0.05, 0) is 79.6 Å². The molecule has 3 aliphatic rings. The van der Waals surface area contributed by atoms with Gasteiger partial charge in [-0.2, -0.15) is 9.97 Å². The zero-order chi connectivity index (χ0) is 30.6. The lowest BCUT2D eigenvalue weighted by molar-refractivity contribution is 0.107. The third kappa shape index (κ3) is 4.99. The molecule has 44 heavy (non-hydrogen) atoms. The number of aliphatic hydroxyl groups is 1. The van der Waals surface area contributed by atoms with E-state index >= 15 is 4.39 Å². The maximum Gasteiger partial charge on any atom is 0.319 e. The van der Waals surface area contributed by atoms with Crippen LogP contribution in [0.2, 0.25) is 0 Å². The van der Waals surface area contributed by atoms with E-state index in [1.165, 1.54) is 24.4 Å². The summed E-state index contributed by atoms with van der Waals surface area (Å²) in [4.78, 5) is 17.9. The number of hydrogen-bond donors (Lipinski definition) is 2. The van der Waals surface area contributed by atoms with Crippen LogP contribution in [0.5, 0.6) is 11.8 Å². The van der Waals surface area contributed by atoms with Crippen LogP contribution in [0.4, 0.5) is 19.0 Å². The number of pyridine rings is 1. The molecule has 3 saturated heterocycles. The Kier molecular flexibility index (Phi) is 7.48. The van der Waals surface area contributed by atoms with Gasteiger partial charge in [0.15, 0.2) is 5.82 Å². The standard InChI is InChI=1S/C33H36F3N5O3/c1-2-23-26(35)7-6-19-13-22(43)14-24(27(19)23)29-28(36)30-25(16-37-29)31(40-10-3-5-21(42)8-12-40)39-32(38-30)44-18-33-9-4-11-41(33)17-20(34)15-33/h6-7,13-14,16,20-21,42-43H,2-5,8-12,15,17-18H2,1H3/t20-,21?,33+/m1/s1. The number of nitrogens with zero attached hydrogens (tertiary/aromatic N) is 5. The van der Waals surface area contributed by atoms with Gasteiger partial charge < -0.3 is 19.8 Å². The van der Waals surface area contributed by atoms with Crippen LogP contribution in [0.15, 0.2) is 30.5 Å². The number of phenols is 1. The minimum Gasteiger partial charge on any atom is -0.508 e. The lowest BCUT2D eigenvalue weighted by Crippen LogP contribution is -2.43. The molecular formula is C33H36F3N5O3. The molecule has 3 atom stereocenters. The number of ether oxygens (including phenoxy) is 1. The van der Waals surface area contributed by atoms with Crippen LogP contribution in [-0.4, -0.2) is 80.7 Å². The number of fused-ring (bicyclic) bond motifs is 3. The zero-order valence-electron chi connectivity index (χ0n) is 24.7. The van der Waals surface area contributed by atoms with Crippen molar-refractivity contribution in [1.29, 1.82) is 0 Å². The summed E-state index contributed by atoms with van der Waals surface area (Å²) in [6.07, 6.45) is 4.58. The molecule has 0 amide bonds. The van der Waals surface area contributed by atoms with E-state index in [0.29, 0.717) is 72.9 Å². The Labute approximate surface area is 253 Å². The Morgan fingerprint density at radius 2 is 1.95 bits per heavy atom. The lowest BCUT2D eigenvalue weighted by atomic mass is 9.94. The number of alkyl halides is 1. The minimum absolute atomic E-state index is 0.0127. The number of phenolic OH excluding ortho intramolecular Hbond substituents is 1. The van der Waals surface area contributed by atoms with Crippen molar-refractivity contribution in [2.75, 3.05) is 37.7 Å². The largest absolute Gasteiger partial charge is 0.508 e. The SMILES string of the molecule is CCc1c(F)ccc2cc(O)cc(-c3ncc4c(N5CCCC(O)CC5)nc(OC[C@@]56CCCN5C[C@H](F)C6)nc4c3F)c12. The van der Waals surface area contributed by atoms with Gasteiger partial charge >= 0.3 is 6.01 Å². The summed E-state index contributed by atoms with van der Waals surface area (Å²) < 4.78 is 52.3. The van der Waals surface area contributed by atoms with Gasteiger partial charge in [0.2, 0.25) is 0 Å². The molecule has 2 N–H and O–H groups in total. The van der Waals surface area contributed by atoms with Crippen molar-refractivity contribution < 1.29 is 28.1 Å². The molecule has 0 saturated carbocycles. The number of anilines is 1. The Bertz CT molecular complexity index is 1740. The van der Waals surface area contributed by atoms with E-state index in [-0.39, 0.29) is 35.1 Å². The highest BCUT2D eigenvalue weighted by molar-refractivity contribution is 6.01. The Morgan fingerprint density at radius 1 is 1.09 bits per heavy atom. The van der Waals surface area contributed by atoms with Gasteiger partial charge in [-0.15, -0.1) is 0 Å². The Balaban J connectivity index is 1.37. The van der Waals surface area contributed by atoms with Crippen LogP contribution in [-0.2, 0) is 6.42 Å². The van der Waals surface area contributed by atoms with Crippen molar-refractivity contribution in [1.82, 2.24) is 19.9 Å². The van der Waals surface area contributed by atoms with Gasteiger partial charge in [0.25, 0.3) is 0 Å². The van der Waals surface area contributed by atoms with E-state index in [1.807, 2.05) is 11.8 Å². The number of aromatic hydroxyl groups is 1. The predicted octanol–water partition coefficient (Wildman–Crippen LogP) is 5.70. The molecule has 0 aliphatic carbocycles. The summed E-state index contributed by atoms with van der Waals surface area (Å²) in [7, 11) is 0. The second-order valence-electron chi connectivity index (χ2n) is 12.4. The quantitative estimate of drug-likeness (QED) is 0.289. The number of benzene rings is 2. The minimum atomic E-state index is -0.920. The van der Waals surface area contributed by atoms with Crippen LogP contribution in [0.3, 0.4) is 0 Å². The summed E-state index contributed by atoms with van der Waals surface area (Å²) in [6, 6.07) is 5.80. The fraction of sp³-hybridized carbons (Fsp3) is 0.485. The number of aromatic nitrogens is 3. The first-order valence-corrected chi connectivity index (χ1v) is 15.5. The van der Waals surface area contributed by atoms with Gasteiger partial charge in [-0.25, -0.2) is 13.2 Å². The molecule has 232 valence electrons. The maximum absolute atomic E-state index is 16.7. The molecule has 0 spiro atoms. The molecule has 11 heteroatoms. The third-order valence-corrected chi connectivity index (χ3v) is 9.63. The van der Waals surface area contributed by atoms with Crippen molar-refractivity contribution in [2.24, 2.45) is 0 Å². The molecule has 7 rings (SSSR count). The van der Waals surface area contributed by atoms with Crippen LogP contribution < -0.4 is 9.64 Å². The summed E-state index contributed by atoms with van der Waals surface area (Å²) in [6.45, 7) is 4.31. The first-order chi connectivity index (χ1) is 21.3. The average molecular weight is 608 g/mol. The van der Waals surface area contributed by atoms with Gasteiger partial charge in [-0.3, -0.25) is 9.88 Å². The summed E-state index contributed by atoms with van der Waals surface area (Å²) in [5.41, 5.74) is 0.140. The van der Waals surface area contributed by atoms with Gasteiger partial charge in [0.05, 0.1) is 17.0 Å². The molecule has 3 fully saturated rings.